The Morgan fingerprint density at radius 1 is 1.19 bits per heavy atom. The van der Waals surface area contributed by atoms with Gasteiger partial charge in [0.15, 0.2) is 0 Å². The van der Waals surface area contributed by atoms with E-state index in [4.69, 9.17) is 19.3 Å². The molecule has 3 rings (SSSR count). The van der Waals surface area contributed by atoms with Gasteiger partial charge in [-0.3, -0.25) is 0 Å². The summed E-state index contributed by atoms with van der Waals surface area (Å²) in [6, 6.07) is 14.1. The molecule has 0 unspecified atom stereocenters. The molecule has 0 spiro atoms. The summed E-state index contributed by atoms with van der Waals surface area (Å²) in [6.07, 6.45) is 0.712. The van der Waals surface area contributed by atoms with E-state index in [9.17, 15) is 9.18 Å². The summed E-state index contributed by atoms with van der Waals surface area (Å²) in [6.45, 7) is 2.24. The molecule has 0 atom stereocenters. The highest BCUT2D eigenvalue weighted by molar-refractivity contribution is 5.75. The standard InChI is InChI=1S/C20H21FO5/c1-20(19(22)23)25-11-15(12-26-20)10-14-6-8-17(9-7-14)24-13-16-4-2-3-5-18(16)21/h2-9,15H,10-13H2,1H3,(H,22,23)/t15-,20-. The van der Waals surface area contributed by atoms with Crippen LogP contribution in [-0.2, 0) is 27.3 Å². The first kappa shape index (κ1) is 18.4. The van der Waals surface area contributed by atoms with Crippen molar-refractivity contribution < 1.29 is 28.5 Å². The quantitative estimate of drug-likeness (QED) is 0.855. The van der Waals surface area contributed by atoms with Crippen molar-refractivity contribution >= 4 is 5.97 Å². The molecule has 2 aromatic rings. The van der Waals surface area contributed by atoms with Crippen molar-refractivity contribution in [3.05, 3.63) is 65.5 Å². The molecule has 0 aromatic heterocycles. The molecule has 2 aromatic carbocycles. The van der Waals surface area contributed by atoms with Crippen molar-refractivity contribution in [1.82, 2.24) is 0 Å². The van der Waals surface area contributed by atoms with Crippen molar-refractivity contribution in [2.45, 2.75) is 25.7 Å². The Morgan fingerprint density at radius 2 is 1.85 bits per heavy atom. The fourth-order valence-electron chi connectivity index (χ4n) is 2.72. The third kappa shape index (κ3) is 4.39. The van der Waals surface area contributed by atoms with Gasteiger partial charge in [0, 0.05) is 18.4 Å². The number of halogens is 1. The average molecular weight is 360 g/mol. The molecule has 0 bridgehead atoms. The van der Waals surface area contributed by atoms with Crippen LogP contribution in [0.4, 0.5) is 4.39 Å². The zero-order valence-corrected chi connectivity index (χ0v) is 14.5. The van der Waals surface area contributed by atoms with Gasteiger partial charge in [0.1, 0.15) is 18.2 Å². The molecule has 0 aliphatic carbocycles. The van der Waals surface area contributed by atoms with Crippen molar-refractivity contribution in [2.24, 2.45) is 5.92 Å². The van der Waals surface area contributed by atoms with Gasteiger partial charge in [-0.15, -0.1) is 0 Å². The fraction of sp³-hybridized carbons (Fsp3) is 0.350. The predicted molar refractivity (Wildman–Crippen MR) is 92.3 cm³/mol. The number of carbonyl (C=O) groups is 1. The van der Waals surface area contributed by atoms with E-state index in [0.717, 1.165) is 5.56 Å². The van der Waals surface area contributed by atoms with E-state index < -0.39 is 11.8 Å². The number of carboxylic acid groups (broad SMARTS) is 1. The van der Waals surface area contributed by atoms with Gasteiger partial charge in [0.2, 0.25) is 0 Å². The summed E-state index contributed by atoms with van der Waals surface area (Å²) in [5.41, 5.74) is 1.58. The Balaban J connectivity index is 1.51. The van der Waals surface area contributed by atoms with E-state index in [0.29, 0.717) is 30.9 Å². The normalized spacial score (nSPS) is 22.8. The lowest BCUT2D eigenvalue weighted by Crippen LogP contribution is -2.48. The van der Waals surface area contributed by atoms with Gasteiger partial charge >= 0.3 is 5.97 Å². The van der Waals surface area contributed by atoms with Crippen LogP contribution in [0.2, 0.25) is 0 Å². The van der Waals surface area contributed by atoms with Crippen LogP contribution in [0.3, 0.4) is 0 Å². The Labute approximate surface area is 151 Å². The summed E-state index contributed by atoms with van der Waals surface area (Å²) in [5.74, 6) is -2.21. The van der Waals surface area contributed by atoms with Crippen LogP contribution >= 0.6 is 0 Å². The highest BCUT2D eigenvalue weighted by Gasteiger charge is 2.40. The molecule has 138 valence electrons. The van der Waals surface area contributed by atoms with E-state index >= 15 is 0 Å². The van der Waals surface area contributed by atoms with Gasteiger partial charge in [-0.1, -0.05) is 30.3 Å². The van der Waals surface area contributed by atoms with Gasteiger partial charge < -0.3 is 19.3 Å². The average Bonchev–Trinajstić information content (AvgIpc) is 2.64. The molecule has 5 nitrogen and oxygen atoms in total. The Kier molecular flexibility index (Phi) is 5.54. The number of aliphatic carboxylic acids is 1. The number of ether oxygens (including phenoxy) is 3. The summed E-state index contributed by atoms with van der Waals surface area (Å²) in [5, 5.41) is 9.07. The van der Waals surface area contributed by atoms with Crippen molar-refractivity contribution in [2.75, 3.05) is 13.2 Å². The van der Waals surface area contributed by atoms with E-state index in [-0.39, 0.29) is 18.3 Å². The van der Waals surface area contributed by atoms with Crippen molar-refractivity contribution in [1.29, 1.82) is 0 Å². The Morgan fingerprint density at radius 3 is 2.46 bits per heavy atom. The third-order valence-corrected chi connectivity index (χ3v) is 4.38. The first-order valence-corrected chi connectivity index (χ1v) is 8.43. The maximum Gasteiger partial charge on any atom is 0.364 e. The molecule has 1 saturated heterocycles. The molecule has 6 heteroatoms. The number of benzene rings is 2. The molecule has 26 heavy (non-hydrogen) atoms. The molecular weight excluding hydrogens is 339 g/mol. The SMILES string of the molecule is C[C@]1(C(=O)O)OC[C@H](Cc2ccc(OCc3ccccc3F)cc2)CO1. The number of rotatable bonds is 6. The van der Waals surface area contributed by atoms with Crippen LogP contribution in [0.15, 0.2) is 48.5 Å². The lowest BCUT2D eigenvalue weighted by Gasteiger charge is -2.34. The second kappa shape index (κ2) is 7.85. The second-order valence-corrected chi connectivity index (χ2v) is 6.47. The van der Waals surface area contributed by atoms with Crippen molar-refractivity contribution in [3.8, 4) is 5.75 Å². The maximum absolute atomic E-state index is 13.6. The second-order valence-electron chi connectivity index (χ2n) is 6.47. The van der Waals surface area contributed by atoms with E-state index in [1.165, 1.54) is 13.0 Å². The highest BCUT2D eigenvalue weighted by Crippen LogP contribution is 2.25. The molecule has 0 saturated carbocycles. The fourth-order valence-corrected chi connectivity index (χ4v) is 2.72. The van der Waals surface area contributed by atoms with Gasteiger partial charge in [-0.2, -0.15) is 0 Å². The van der Waals surface area contributed by atoms with Crippen LogP contribution in [0.25, 0.3) is 0 Å². The maximum atomic E-state index is 13.6. The van der Waals surface area contributed by atoms with Crippen LogP contribution in [0.1, 0.15) is 18.1 Å². The molecule has 1 aliphatic heterocycles. The minimum absolute atomic E-state index is 0.0904. The zero-order valence-electron chi connectivity index (χ0n) is 14.5. The molecule has 0 amide bonds. The van der Waals surface area contributed by atoms with Crippen molar-refractivity contribution in [3.63, 3.8) is 0 Å². The summed E-state index contributed by atoms with van der Waals surface area (Å²) >= 11 is 0. The summed E-state index contributed by atoms with van der Waals surface area (Å²) in [4.78, 5) is 11.1. The predicted octanol–water partition coefficient (Wildman–Crippen LogP) is 3.41. The monoisotopic (exact) mass is 360 g/mol. The lowest BCUT2D eigenvalue weighted by atomic mass is 9.99. The highest BCUT2D eigenvalue weighted by atomic mass is 19.1. The molecule has 1 heterocycles. The molecular formula is C20H21FO5. The minimum atomic E-state index is -1.55. The van der Waals surface area contributed by atoms with Crippen LogP contribution in [-0.4, -0.2) is 30.1 Å². The minimum Gasteiger partial charge on any atom is -0.489 e. The lowest BCUT2D eigenvalue weighted by molar-refractivity contribution is -0.270. The molecule has 1 aliphatic rings. The van der Waals surface area contributed by atoms with E-state index in [2.05, 4.69) is 0 Å². The topological polar surface area (TPSA) is 65.0 Å². The molecule has 1 N–H and O–H groups in total. The number of hydrogen-bond acceptors (Lipinski definition) is 4. The van der Waals surface area contributed by atoms with Gasteiger partial charge in [-0.25, -0.2) is 9.18 Å². The van der Waals surface area contributed by atoms with E-state index in [1.54, 1.807) is 18.2 Å². The van der Waals surface area contributed by atoms with Gasteiger partial charge in [0.25, 0.3) is 5.79 Å². The first-order chi connectivity index (χ1) is 12.5. The number of carboxylic acids is 1. The first-order valence-electron chi connectivity index (χ1n) is 8.43. The van der Waals surface area contributed by atoms with Crippen LogP contribution in [0.5, 0.6) is 5.75 Å². The largest absolute Gasteiger partial charge is 0.489 e. The third-order valence-electron chi connectivity index (χ3n) is 4.38. The van der Waals surface area contributed by atoms with Gasteiger partial charge in [-0.05, 0) is 30.2 Å². The summed E-state index contributed by atoms with van der Waals surface area (Å²) in [7, 11) is 0. The van der Waals surface area contributed by atoms with E-state index in [1.807, 2.05) is 24.3 Å². The Hall–Kier alpha value is -2.44. The molecule has 0 radical (unpaired) electrons. The zero-order chi connectivity index (χ0) is 18.6. The Bertz CT molecular complexity index is 751. The number of hydrogen-bond donors (Lipinski definition) is 1. The van der Waals surface area contributed by atoms with Crippen LogP contribution in [0, 0.1) is 11.7 Å². The van der Waals surface area contributed by atoms with Crippen LogP contribution < -0.4 is 4.74 Å². The molecule has 1 fully saturated rings. The smallest absolute Gasteiger partial charge is 0.364 e. The summed E-state index contributed by atoms with van der Waals surface area (Å²) < 4.78 is 29.9. The van der Waals surface area contributed by atoms with Gasteiger partial charge in [0.05, 0.1) is 13.2 Å².